The number of benzene rings is 1. The number of hydrogen-bond donors (Lipinski definition) is 1. The van der Waals surface area contributed by atoms with E-state index in [0.717, 1.165) is 49.8 Å². The van der Waals surface area contributed by atoms with Crippen LogP contribution in [0.3, 0.4) is 0 Å². The number of anilines is 1. The van der Waals surface area contributed by atoms with Gasteiger partial charge in [0, 0.05) is 55.6 Å². The van der Waals surface area contributed by atoms with Gasteiger partial charge in [-0.2, -0.15) is 13.2 Å². The van der Waals surface area contributed by atoms with Crippen LogP contribution in [0.15, 0.2) is 42.7 Å². The summed E-state index contributed by atoms with van der Waals surface area (Å²) in [7, 11) is 0. The van der Waals surface area contributed by atoms with Crippen molar-refractivity contribution in [2.24, 2.45) is 5.41 Å². The summed E-state index contributed by atoms with van der Waals surface area (Å²) in [4.78, 5) is 30.2. The molecular weight excluding hydrogens is 443 g/mol. The number of fused-ring (bicyclic) bond motifs is 1. The molecule has 0 bridgehead atoms. The third-order valence-electron chi connectivity index (χ3n) is 5.88. The molecule has 3 aliphatic rings. The molecule has 176 valence electrons. The Hall–Kier alpha value is -3.34. The summed E-state index contributed by atoms with van der Waals surface area (Å²) in [6.07, 6.45) is 0.308. The van der Waals surface area contributed by atoms with E-state index in [0.29, 0.717) is 6.42 Å². The first-order chi connectivity index (χ1) is 15.7. The minimum absolute atomic E-state index is 0.0513. The lowest BCUT2D eigenvalue weighted by molar-refractivity contribution is -0.192. The normalized spacial score (nSPS) is 21.9. The van der Waals surface area contributed by atoms with Crippen LogP contribution in [0.2, 0.25) is 0 Å². The van der Waals surface area contributed by atoms with Crippen molar-refractivity contribution in [1.82, 2.24) is 9.88 Å². The van der Waals surface area contributed by atoms with Crippen molar-refractivity contribution >= 4 is 17.6 Å². The van der Waals surface area contributed by atoms with Gasteiger partial charge < -0.3 is 19.5 Å². The topological polar surface area (TPSA) is 92.2 Å². The van der Waals surface area contributed by atoms with Crippen molar-refractivity contribution < 1.29 is 37.3 Å². The first-order valence-corrected chi connectivity index (χ1v) is 10.3. The van der Waals surface area contributed by atoms with Crippen LogP contribution in [0.5, 0.6) is 11.5 Å². The molecule has 1 unspecified atom stereocenters. The Morgan fingerprint density at radius 2 is 1.94 bits per heavy atom. The highest BCUT2D eigenvalue weighted by Crippen LogP contribution is 2.44. The Morgan fingerprint density at radius 3 is 2.64 bits per heavy atom. The van der Waals surface area contributed by atoms with E-state index in [1.807, 2.05) is 35.4 Å². The summed E-state index contributed by atoms with van der Waals surface area (Å²) in [6, 6.07) is 9.84. The quantitative estimate of drug-likeness (QED) is 0.745. The number of alkyl halides is 3. The van der Waals surface area contributed by atoms with Crippen LogP contribution in [-0.4, -0.2) is 59.5 Å². The van der Waals surface area contributed by atoms with Crippen molar-refractivity contribution in [1.29, 1.82) is 0 Å². The molecule has 1 amide bonds. The summed E-state index contributed by atoms with van der Waals surface area (Å²) < 4.78 is 42.6. The maximum atomic E-state index is 12.7. The average molecular weight is 465 g/mol. The summed E-state index contributed by atoms with van der Waals surface area (Å²) in [6.45, 7) is 3.90. The van der Waals surface area contributed by atoms with Crippen LogP contribution < -0.4 is 14.4 Å². The molecule has 1 aromatic carbocycles. The van der Waals surface area contributed by atoms with Crippen molar-refractivity contribution in [2.45, 2.75) is 25.6 Å². The van der Waals surface area contributed by atoms with E-state index in [-0.39, 0.29) is 18.1 Å². The van der Waals surface area contributed by atoms with Gasteiger partial charge in [-0.15, -0.1) is 0 Å². The van der Waals surface area contributed by atoms with E-state index in [9.17, 15) is 18.0 Å². The molecule has 5 rings (SSSR count). The maximum absolute atomic E-state index is 12.7. The minimum Gasteiger partial charge on any atom is -0.475 e. The average Bonchev–Trinajstić information content (AvgIpc) is 3.47. The Labute approximate surface area is 187 Å². The van der Waals surface area contributed by atoms with Gasteiger partial charge in [0.15, 0.2) is 11.5 Å². The zero-order chi connectivity index (χ0) is 23.6. The lowest BCUT2D eigenvalue weighted by Crippen LogP contribution is -2.31. The SMILES string of the molecule is O=C(O)C(F)(F)F.O=C1CC2(CCN(Cc3cccnc3)C2)CN1c1ccc2c(c1)OCO2. The van der Waals surface area contributed by atoms with Gasteiger partial charge in [-0.3, -0.25) is 14.7 Å². The number of halogens is 3. The predicted octanol–water partition coefficient (Wildman–Crippen LogP) is 3.07. The van der Waals surface area contributed by atoms with Gasteiger partial charge in [0.1, 0.15) is 0 Å². The number of likely N-dealkylation sites (tertiary alicyclic amines) is 1. The van der Waals surface area contributed by atoms with Gasteiger partial charge in [-0.25, -0.2) is 4.79 Å². The third kappa shape index (κ3) is 5.19. The number of carbonyl (C=O) groups is 2. The van der Waals surface area contributed by atoms with Crippen molar-refractivity contribution in [3.63, 3.8) is 0 Å². The van der Waals surface area contributed by atoms with Crippen LogP contribution in [0.1, 0.15) is 18.4 Å². The van der Waals surface area contributed by atoms with Gasteiger partial charge >= 0.3 is 12.1 Å². The number of nitrogens with zero attached hydrogens (tertiary/aromatic N) is 3. The first-order valence-electron chi connectivity index (χ1n) is 10.3. The number of ether oxygens (including phenoxy) is 2. The van der Waals surface area contributed by atoms with E-state index >= 15 is 0 Å². The second kappa shape index (κ2) is 8.89. The number of carboxylic acids is 1. The highest BCUT2D eigenvalue weighted by molar-refractivity contribution is 5.96. The largest absolute Gasteiger partial charge is 0.490 e. The van der Waals surface area contributed by atoms with Crippen LogP contribution in [0.25, 0.3) is 0 Å². The third-order valence-corrected chi connectivity index (χ3v) is 5.88. The molecule has 2 fully saturated rings. The molecule has 1 spiro atoms. The van der Waals surface area contributed by atoms with Crippen LogP contribution in [0.4, 0.5) is 18.9 Å². The second-order valence-corrected chi connectivity index (χ2v) is 8.32. The maximum Gasteiger partial charge on any atom is 0.490 e. The smallest absolute Gasteiger partial charge is 0.475 e. The number of pyridine rings is 1. The molecule has 0 aliphatic carbocycles. The fraction of sp³-hybridized carbons (Fsp3) is 0.409. The van der Waals surface area contributed by atoms with Gasteiger partial charge in [0.2, 0.25) is 12.7 Å². The molecule has 2 aromatic rings. The number of carboxylic acid groups (broad SMARTS) is 1. The van der Waals surface area contributed by atoms with Crippen molar-refractivity contribution in [2.75, 3.05) is 31.3 Å². The van der Waals surface area contributed by atoms with Crippen LogP contribution >= 0.6 is 0 Å². The predicted molar refractivity (Wildman–Crippen MR) is 110 cm³/mol. The Bertz CT molecular complexity index is 1030. The summed E-state index contributed by atoms with van der Waals surface area (Å²) in [5, 5.41) is 7.12. The van der Waals surface area contributed by atoms with Gasteiger partial charge in [-0.1, -0.05) is 6.07 Å². The standard InChI is InChI=1S/C20H21N3O3.C2HF3O2/c24-19-9-20(5-7-22(12-20)11-15-2-1-6-21-10-15)13-23(19)16-3-4-17-18(8-16)26-14-25-17;3-2(4,5)1(6)7/h1-4,6,8,10H,5,7,9,11-14H2;(H,6,7). The molecule has 1 atom stereocenters. The molecule has 4 heterocycles. The molecule has 1 N–H and O–H groups in total. The van der Waals surface area contributed by atoms with Crippen LogP contribution in [0, 0.1) is 5.41 Å². The number of hydrogen-bond acceptors (Lipinski definition) is 6. The zero-order valence-corrected chi connectivity index (χ0v) is 17.5. The fourth-order valence-corrected chi connectivity index (χ4v) is 4.37. The number of amides is 1. The summed E-state index contributed by atoms with van der Waals surface area (Å²) >= 11 is 0. The zero-order valence-electron chi connectivity index (χ0n) is 17.5. The van der Waals surface area contributed by atoms with E-state index < -0.39 is 12.1 Å². The molecule has 1 aromatic heterocycles. The minimum atomic E-state index is -5.08. The molecule has 8 nitrogen and oxygen atoms in total. The Kier molecular flexibility index (Phi) is 6.15. The monoisotopic (exact) mass is 465 g/mol. The van der Waals surface area contributed by atoms with Crippen molar-refractivity contribution in [3.8, 4) is 11.5 Å². The number of aliphatic carboxylic acids is 1. The molecule has 0 saturated carbocycles. The van der Waals surface area contributed by atoms with E-state index in [2.05, 4.69) is 16.0 Å². The highest BCUT2D eigenvalue weighted by atomic mass is 19.4. The summed E-state index contributed by atoms with van der Waals surface area (Å²) in [5.41, 5.74) is 2.18. The molecule has 0 radical (unpaired) electrons. The number of aromatic nitrogens is 1. The van der Waals surface area contributed by atoms with E-state index in [4.69, 9.17) is 19.4 Å². The highest BCUT2D eigenvalue weighted by Gasteiger charge is 2.47. The molecular formula is C22H22F3N3O5. The van der Waals surface area contributed by atoms with Gasteiger partial charge in [0.25, 0.3) is 0 Å². The second-order valence-electron chi connectivity index (χ2n) is 8.32. The Balaban J connectivity index is 0.000000325. The lowest BCUT2D eigenvalue weighted by atomic mass is 9.86. The van der Waals surface area contributed by atoms with Crippen LogP contribution in [-0.2, 0) is 16.1 Å². The first kappa shape index (κ1) is 22.8. The van der Waals surface area contributed by atoms with Gasteiger partial charge in [0.05, 0.1) is 0 Å². The molecule has 33 heavy (non-hydrogen) atoms. The molecule has 3 aliphatic heterocycles. The molecule has 2 saturated heterocycles. The lowest BCUT2D eigenvalue weighted by Gasteiger charge is -2.24. The van der Waals surface area contributed by atoms with Gasteiger partial charge in [-0.05, 0) is 36.7 Å². The number of rotatable bonds is 3. The molecule has 11 heteroatoms. The number of carbonyl (C=O) groups excluding carboxylic acids is 1. The van der Waals surface area contributed by atoms with E-state index in [1.165, 1.54) is 5.56 Å². The summed E-state index contributed by atoms with van der Waals surface area (Å²) in [5.74, 6) is -1.08. The van der Waals surface area contributed by atoms with Crippen molar-refractivity contribution in [3.05, 3.63) is 48.3 Å². The fourth-order valence-electron chi connectivity index (χ4n) is 4.37. The Morgan fingerprint density at radius 1 is 1.18 bits per heavy atom. The van der Waals surface area contributed by atoms with E-state index in [1.54, 1.807) is 6.20 Å².